The topological polar surface area (TPSA) is 66.0 Å². The van der Waals surface area contributed by atoms with Gasteiger partial charge < -0.3 is 0 Å². The summed E-state index contributed by atoms with van der Waals surface area (Å²) in [6.45, 7) is 18.9. The van der Waals surface area contributed by atoms with E-state index in [2.05, 4.69) is 62.3 Å². The molecule has 204 valence electrons. The Balaban J connectivity index is 2.03. The molecule has 0 amide bonds. The van der Waals surface area contributed by atoms with Gasteiger partial charge in [-0.15, -0.1) is 0 Å². The van der Waals surface area contributed by atoms with Gasteiger partial charge in [0.2, 0.25) is 0 Å². The molecule has 0 spiro atoms. The summed E-state index contributed by atoms with van der Waals surface area (Å²) in [7, 11) is 0. The third-order valence-electron chi connectivity index (χ3n) is 7.12. The van der Waals surface area contributed by atoms with Crippen LogP contribution in [0.15, 0.2) is 87.2 Å². The lowest BCUT2D eigenvalue weighted by Crippen LogP contribution is -2.52. The third kappa shape index (κ3) is 5.47. The maximum atomic E-state index is 13.9. The molecule has 3 aromatic carbocycles. The Kier molecular flexibility index (Phi) is 6.97. The first-order chi connectivity index (χ1) is 18.0. The van der Waals surface area contributed by atoms with Gasteiger partial charge in [0, 0.05) is 0 Å². The van der Waals surface area contributed by atoms with Crippen LogP contribution >= 0.6 is 0 Å². The van der Waals surface area contributed by atoms with Crippen molar-refractivity contribution in [2.45, 2.75) is 78.6 Å². The maximum absolute atomic E-state index is 13.9. The van der Waals surface area contributed by atoms with E-state index in [0.29, 0.717) is 17.1 Å². The normalized spacial score (nSPS) is 12.5. The molecule has 39 heavy (non-hydrogen) atoms. The summed E-state index contributed by atoms with van der Waals surface area (Å²) in [5, 5.41) is 0. The van der Waals surface area contributed by atoms with Crippen LogP contribution in [0.5, 0.6) is 0 Å². The van der Waals surface area contributed by atoms with Crippen LogP contribution in [0.25, 0.3) is 17.1 Å². The Labute approximate surface area is 230 Å². The summed E-state index contributed by atoms with van der Waals surface area (Å²) in [5.41, 5.74) is 2.02. The van der Waals surface area contributed by atoms with Gasteiger partial charge >= 0.3 is 17.1 Å². The van der Waals surface area contributed by atoms with Gasteiger partial charge in [-0.3, -0.25) is 0 Å². The Morgan fingerprint density at radius 1 is 0.359 bits per heavy atom. The third-order valence-corrected chi connectivity index (χ3v) is 7.12. The second-order valence-electron chi connectivity index (χ2n) is 13.2. The van der Waals surface area contributed by atoms with Crippen molar-refractivity contribution in [3.8, 4) is 17.1 Å². The highest BCUT2D eigenvalue weighted by molar-refractivity contribution is 5.42. The number of hydrogen-bond donors (Lipinski definition) is 0. The van der Waals surface area contributed by atoms with Crippen LogP contribution in [0.2, 0.25) is 0 Å². The second-order valence-corrected chi connectivity index (χ2v) is 13.2. The van der Waals surface area contributed by atoms with Gasteiger partial charge in [-0.05, 0) is 69.3 Å². The Bertz CT molecular complexity index is 1430. The number of rotatable bonds is 3. The highest BCUT2D eigenvalue weighted by Crippen LogP contribution is 2.25. The van der Waals surface area contributed by atoms with Crippen LogP contribution in [0.3, 0.4) is 0 Å². The molecule has 0 bridgehead atoms. The van der Waals surface area contributed by atoms with Crippen LogP contribution in [-0.4, -0.2) is 13.7 Å². The zero-order valence-corrected chi connectivity index (χ0v) is 24.5. The first-order valence-corrected chi connectivity index (χ1v) is 13.3. The molecule has 6 nitrogen and oxygen atoms in total. The molecule has 0 fully saturated rings. The van der Waals surface area contributed by atoms with E-state index >= 15 is 0 Å². The summed E-state index contributed by atoms with van der Waals surface area (Å²) in [6, 6.07) is 22.0. The van der Waals surface area contributed by atoms with E-state index in [1.54, 1.807) is 36.4 Å². The van der Waals surface area contributed by atoms with E-state index in [1.807, 2.05) is 36.4 Å². The van der Waals surface area contributed by atoms with E-state index in [9.17, 15) is 14.4 Å². The fraction of sp³-hybridized carbons (Fsp3) is 0.364. The van der Waals surface area contributed by atoms with Gasteiger partial charge in [0.05, 0.1) is 17.1 Å². The predicted molar refractivity (Wildman–Crippen MR) is 159 cm³/mol. The highest BCUT2D eigenvalue weighted by atomic mass is 16.2. The van der Waals surface area contributed by atoms with Crippen LogP contribution in [-0.2, 0) is 16.2 Å². The van der Waals surface area contributed by atoms with Crippen LogP contribution in [0.4, 0.5) is 0 Å². The lowest BCUT2D eigenvalue weighted by molar-refractivity contribution is 0.589. The average molecular weight is 526 g/mol. The van der Waals surface area contributed by atoms with E-state index < -0.39 is 17.1 Å². The number of hydrogen-bond acceptors (Lipinski definition) is 3. The first-order valence-electron chi connectivity index (χ1n) is 13.3. The molecule has 0 saturated carbocycles. The Morgan fingerprint density at radius 2 is 0.538 bits per heavy atom. The van der Waals surface area contributed by atoms with Crippen molar-refractivity contribution >= 4 is 0 Å². The molecule has 0 N–H and O–H groups in total. The lowest BCUT2D eigenvalue weighted by Gasteiger charge is -2.21. The van der Waals surface area contributed by atoms with Gasteiger partial charge in [-0.1, -0.05) is 98.7 Å². The van der Waals surface area contributed by atoms with Gasteiger partial charge in [0.1, 0.15) is 0 Å². The Morgan fingerprint density at radius 3 is 0.692 bits per heavy atom. The number of benzene rings is 3. The fourth-order valence-electron chi connectivity index (χ4n) is 4.54. The van der Waals surface area contributed by atoms with Crippen molar-refractivity contribution in [2.75, 3.05) is 0 Å². The standard InChI is InChI=1S/C33H39N3O3/c1-31(2,3)22-10-16-25(17-11-22)34-28(37)35(26-18-12-23(13-19-26)32(4,5)6)30(39)36(29(34)38)27-20-14-24(15-21-27)33(7,8)9/h10-21H,1-9H3. The average Bonchev–Trinajstić information content (AvgIpc) is 2.83. The van der Waals surface area contributed by atoms with E-state index in [4.69, 9.17) is 0 Å². The van der Waals surface area contributed by atoms with Crippen molar-refractivity contribution < 1.29 is 0 Å². The molecule has 1 aromatic heterocycles. The molecule has 0 saturated heterocycles. The molecule has 0 atom stereocenters. The first kappa shape index (κ1) is 28.1. The summed E-state index contributed by atoms with van der Waals surface area (Å²) in [5.74, 6) is 0. The quantitative estimate of drug-likeness (QED) is 0.328. The van der Waals surface area contributed by atoms with E-state index in [1.165, 1.54) is 0 Å². The van der Waals surface area contributed by atoms with Crippen molar-refractivity contribution in [3.63, 3.8) is 0 Å². The SMILES string of the molecule is CC(C)(C)c1ccc(-n2c(=O)n(-c3ccc(C(C)(C)C)cc3)c(=O)n(-c3ccc(C(C)(C)C)cc3)c2=O)cc1. The van der Waals surface area contributed by atoms with Gasteiger partial charge in [-0.2, -0.15) is 0 Å². The molecule has 0 radical (unpaired) electrons. The molecule has 4 aromatic rings. The van der Waals surface area contributed by atoms with Crippen molar-refractivity contribution in [2.24, 2.45) is 0 Å². The van der Waals surface area contributed by atoms with Crippen LogP contribution < -0.4 is 17.1 Å². The molecule has 6 heteroatoms. The molecular weight excluding hydrogens is 486 g/mol. The summed E-state index contributed by atoms with van der Waals surface area (Å²) >= 11 is 0. The molecule has 1 heterocycles. The smallest absolute Gasteiger partial charge is 0.246 e. The predicted octanol–water partition coefficient (Wildman–Crippen LogP) is 6.03. The maximum Gasteiger partial charge on any atom is 0.345 e. The summed E-state index contributed by atoms with van der Waals surface area (Å²) in [6.07, 6.45) is 0. The van der Waals surface area contributed by atoms with Gasteiger partial charge in [0.15, 0.2) is 0 Å². The monoisotopic (exact) mass is 525 g/mol. The van der Waals surface area contributed by atoms with Crippen molar-refractivity contribution in [1.82, 2.24) is 13.7 Å². The minimum atomic E-state index is -0.709. The molecule has 0 unspecified atom stereocenters. The van der Waals surface area contributed by atoms with Gasteiger partial charge in [-0.25, -0.2) is 28.1 Å². The highest BCUT2D eigenvalue weighted by Gasteiger charge is 2.22. The van der Waals surface area contributed by atoms with Crippen LogP contribution in [0.1, 0.15) is 79.0 Å². The van der Waals surface area contributed by atoms with Crippen molar-refractivity contribution in [1.29, 1.82) is 0 Å². The molecule has 0 aliphatic rings. The zero-order chi connectivity index (χ0) is 28.9. The fourth-order valence-corrected chi connectivity index (χ4v) is 4.54. The minimum Gasteiger partial charge on any atom is -0.246 e. The lowest BCUT2D eigenvalue weighted by atomic mass is 9.87. The Hall–Kier alpha value is -3.93. The molecular formula is C33H39N3O3. The minimum absolute atomic E-state index is 0.0912. The van der Waals surface area contributed by atoms with E-state index in [0.717, 1.165) is 30.4 Å². The van der Waals surface area contributed by atoms with E-state index in [-0.39, 0.29) is 16.2 Å². The molecule has 4 rings (SSSR count). The molecule has 0 aliphatic heterocycles. The van der Waals surface area contributed by atoms with Crippen LogP contribution in [0, 0.1) is 0 Å². The van der Waals surface area contributed by atoms with Gasteiger partial charge in [0.25, 0.3) is 0 Å². The summed E-state index contributed by atoms with van der Waals surface area (Å²) in [4.78, 5) is 41.6. The number of nitrogens with zero attached hydrogens (tertiary/aromatic N) is 3. The molecule has 0 aliphatic carbocycles. The number of aromatic nitrogens is 3. The largest absolute Gasteiger partial charge is 0.345 e. The second kappa shape index (κ2) is 9.67. The van der Waals surface area contributed by atoms with Crippen molar-refractivity contribution in [3.05, 3.63) is 121 Å². The zero-order valence-electron chi connectivity index (χ0n) is 24.5. The summed E-state index contributed by atoms with van der Waals surface area (Å²) < 4.78 is 3.22.